The van der Waals surface area contributed by atoms with Gasteiger partial charge in [-0.2, -0.15) is 0 Å². The molecule has 0 aliphatic carbocycles. The van der Waals surface area contributed by atoms with Gasteiger partial charge in [0, 0.05) is 43.3 Å². The van der Waals surface area contributed by atoms with Crippen LogP contribution in [-0.4, -0.2) is 61.6 Å². The molecular formula is C19H25N5O3S. The number of amides is 2. The van der Waals surface area contributed by atoms with Crippen molar-refractivity contribution in [1.82, 2.24) is 9.88 Å². The first-order valence-corrected chi connectivity index (χ1v) is 10.0. The molecule has 0 spiro atoms. The number of rotatable bonds is 7. The predicted molar refractivity (Wildman–Crippen MR) is 111 cm³/mol. The number of ether oxygens (including phenoxy) is 1. The molecule has 0 radical (unpaired) electrons. The van der Waals surface area contributed by atoms with Crippen LogP contribution in [0.1, 0.15) is 12.6 Å². The van der Waals surface area contributed by atoms with Gasteiger partial charge < -0.3 is 20.3 Å². The maximum absolute atomic E-state index is 12.3. The van der Waals surface area contributed by atoms with Crippen molar-refractivity contribution < 1.29 is 14.3 Å². The summed E-state index contributed by atoms with van der Waals surface area (Å²) >= 11 is 1.37. The third-order valence-corrected chi connectivity index (χ3v) is 5.01. The Balaban J connectivity index is 1.46. The van der Waals surface area contributed by atoms with Crippen molar-refractivity contribution in [1.29, 1.82) is 0 Å². The molecule has 3 rings (SSSR count). The summed E-state index contributed by atoms with van der Waals surface area (Å²) in [7, 11) is 1.86. The zero-order valence-electron chi connectivity index (χ0n) is 16.1. The maximum Gasteiger partial charge on any atom is 0.238 e. The van der Waals surface area contributed by atoms with E-state index in [0.717, 1.165) is 43.4 Å². The van der Waals surface area contributed by atoms with Crippen LogP contribution < -0.4 is 15.5 Å². The molecule has 150 valence electrons. The first-order chi connectivity index (χ1) is 13.5. The number of nitrogens with zero attached hydrogens (tertiary/aromatic N) is 3. The van der Waals surface area contributed by atoms with Gasteiger partial charge in [-0.05, 0) is 31.3 Å². The molecule has 0 unspecified atom stereocenters. The Kier molecular flexibility index (Phi) is 6.96. The summed E-state index contributed by atoms with van der Waals surface area (Å²) < 4.78 is 5.37. The number of aromatic nitrogens is 1. The molecule has 2 aromatic rings. The van der Waals surface area contributed by atoms with Gasteiger partial charge in [-0.25, -0.2) is 4.98 Å². The van der Waals surface area contributed by atoms with E-state index in [4.69, 9.17) is 4.74 Å². The second kappa shape index (κ2) is 9.63. The maximum atomic E-state index is 12.3. The molecule has 8 nitrogen and oxygen atoms in total. The fourth-order valence-electron chi connectivity index (χ4n) is 2.94. The molecule has 1 aromatic carbocycles. The third kappa shape index (κ3) is 6.01. The first kappa shape index (κ1) is 20.2. The SMILES string of the molecule is CC(=O)Nc1nc(CN(C)CC(=O)Nc2ccc(N3CCOCC3)cc2)cs1. The molecule has 2 amide bonds. The molecule has 0 bridgehead atoms. The van der Waals surface area contributed by atoms with E-state index in [-0.39, 0.29) is 18.4 Å². The van der Waals surface area contributed by atoms with E-state index in [9.17, 15) is 9.59 Å². The van der Waals surface area contributed by atoms with Gasteiger partial charge in [-0.3, -0.25) is 14.5 Å². The second-order valence-corrected chi connectivity index (χ2v) is 7.55. The highest BCUT2D eigenvalue weighted by Gasteiger charge is 2.12. The van der Waals surface area contributed by atoms with E-state index in [2.05, 4.69) is 20.5 Å². The number of nitrogens with one attached hydrogen (secondary N) is 2. The van der Waals surface area contributed by atoms with Gasteiger partial charge in [-0.15, -0.1) is 11.3 Å². The molecule has 1 aromatic heterocycles. The molecule has 0 atom stereocenters. The summed E-state index contributed by atoms with van der Waals surface area (Å²) in [6, 6.07) is 7.87. The highest BCUT2D eigenvalue weighted by Crippen LogP contribution is 2.19. The first-order valence-electron chi connectivity index (χ1n) is 9.13. The van der Waals surface area contributed by atoms with Crippen molar-refractivity contribution in [2.75, 3.05) is 55.4 Å². The van der Waals surface area contributed by atoms with Crippen LogP contribution in [0.3, 0.4) is 0 Å². The molecule has 1 fully saturated rings. The number of hydrogen-bond donors (Lipinski definition) is 2. The average molecular weight is 404 g/mol. The zero-order valence-corrected chi connectivity index (χ0v) is 16.9. The molecular weight excluding hydrogens is 378 g/mol. The van der Waals surface area contributed by atoms with Crippen LogP contribution in [0, 0.1) is 0 Å². The van der Waals surface area contributed by atoms with E-state index in [1.165, 1.54) is 18.3 Å². The summed E-state index contributed by atoms with van der Waals surface area (Å²) in [5.41, 5.74) is 2.73. The molecule has 1 saturated heterocycles. The Bertz CT molecular complexity index is 802. The smallest absolute Gasteiger partial charge is 0.238 e. The summed E-state index contributed by atoms with van der Waals surface area (Å²) in [6.45, 7) is 5.49. The van der Waals surface area contributed by atoms with Crippen LogP contribution >= 0.6 is 11.3 Å². The molecule has 0 saturated carbocycles. The van der Waals surface area contributed by atoms with Crippen molar-refractivity contribution in [2.24, 2.45) is 0 Å². The normalized spacial score (nSPS) is 14.2. The minimum Gasteiger partial charge on any atom is -0.378 e. The summed E-state index contributed by atoms with van der Waals surface area (Å²) in [6.07, 6.45) is 0. The molecule has 2 N–H and O–H groups in total. The van der Waals surface area contributed by atoms with Gasteiger partial charge in [0.1, 0.15) is 0 Å². The van der Waals surface area contributed by atoms with Crippen molar-refractivity contribution in [2.45, 2.75) is 13.5 Å². The Hall–Kier alpha value is -2.49. The number of thiazole rings is 1. The van der Waals surface area contributed by atoms with Gasteiger partial charge in [0.2, 0.25) is 11.8 Å². The Morgan fingerprint density at radius 2 is 1.93 bits per heavy atom. The van der Waals surface area contributed by atoms with Crippen molar-refractivity contribution in [3.63, 3.8) is 0 Å². The van der Waals surface area contributed by atoms with Crippen molar-refractivity contribution in [3.05, 3.63) is 35.3 Å². The largest absolute Gasteiger partial charge is 0.378 e. The van der Waals surface area contributed by atoms with Crippen LogP contribution in [0.2, 0.25) is 0 Å². The number of morpholine rings is 1. The van der Waals surface area contributed by atoms with E-state index < -0.39 is 0 Å². The van der Waals surface area contributed by atoms with Gasteiger partial charge in [-0.1, -0.05) is 0 Å². The highest BCUT2D eigenvalue weighted by atomic mass is 32.1. The quantitative estimate of drug-likeness (QED) is 0.735. The third-order valence-electron chi connectivity index (χ3n) is 4.21. The van der Waals surface area contributed by atoms with Gasteiger partial charge in [0.25, 0.3) is 0 Å². The lowest BCUT2D eigenvalue weighted by Gasteiger charge is -2.28. The standard InChI is InChI=1S/C19H25N5O3S/c1-14(25)20-19-22-16(13-28-19)11-23(2)12-18(26)21-15-3-5-17(6-4-15)24-7-9-27-10-8-24/h3-6,13H,7-12H2,1-2H3,(H,21,26)(H,20,22,25). The Morgan fingerprint density at radius 1 is 1.21 bits per heavy atom. The fraction of sp³-hybridized carbons (Fsp3) is 0.421. The van der Waals surface area contributed by atoms with Crippen LogP contribution in [-0.2, 0) is 20.9 Å². The van der Waals surface area contributed by atoms with Crippen molar-refractivity contribution >= 4 is 39.7 Å². The van der Waals surface area contributed by atoms with Crippen LogP contribution in [0.5, 0.6) is 0 Å². The number of carbonyl (C=O) groups is 2. The fourth-order valence-corrected chi connectivity index (χ4v) is 3.69. The summed E-state index contributed by atoms with van der Waals surface area (Å²) in [4.78, 5) is 31.8. The lowest BCUT2D eigenvalue weighted by molar-refractivity contribution is -0.117. The van der Waals surface area contributed by atoms with Gasteiger partial charge in [0.15, 0.2) is 5.13 Å². The summed E-state index contributed by atoms with van der Waals surface area (Å²) in [5, 5.41) is 8.03. The number of anilines is 3. The highest BCUT2D eigenvalue weighted by molar-refractivity contribution is 7.13. The number of hydrogen-bond acceptors (Lipinski definition) is 7. The van der Waals surface area contributed by atoms with Gasteiger partial charge >= 0.3 is 0 Å². The van der Waals surface area contributed by atoms with Crippen molar-refractivity contribution in [3.8, 4) is 0 Å². The number of benzene rings is 1. The number of likely N-dealkylation sites (N-methyl/N-ethyl adjacent to an activating group) is 1. The van der Waals surface area contributed by atoms with Crippen LogP contribution in [0.15, 0.2) is 29.6 Å². The number of carbonyl (C=O) groups excluding carboxylic acids is 2. The van der Waals surface area contributed by atoms with E-state index in [1.54, 1.807) is 0 Å². The Labute approximate surface area is 168 Å². The molecule has 2 heterocycles. The molecule has 1 aliphatic heterocycles. The minimum absolute atomic E-state index is 0.0843. The van der Waals surface area contributed by atoms with Gasteiger partial charge in [0.05, 0.1) is 25.5 Å². The summed E-state index contributed by atoms with van der Waals surface area (Å²) in [5.74, 6) is -0.229. The topological polar surface area (TPSA) is 86.8 Å². The minimum atomic E-state index is -0.145. The zero-order chi connectivity index (χ0) is 19.9. The molecule has 1 aliphatic rings. The van der Waals surface area contributed by atoms with Crippen LogP contribution in [0.25, 0.3) is 0 Å². The van der Waals surface area contributed by atoms with E-state index in [0.29, 0.717) is 11.7 Å². The average Bonchev–Trinajstić information content (AvgIpc) is 3.08. The van der Waals surface area contributed by atoms with E-state index >= 15 is 0 Å². The lowest BCUT2D eigenvalue weighted by Crippen LogP contribution is -2.36. The molecule has 9 heteroatoms. The predicted octanol–water partition coefficient (Wildman–Crippen LogP) is 2.01. The lowest BCUT2D eigenvalue weighted by atomic mass is 10.2. The second-order valence-electron chi connectivity index (χ2n) is 6.69. The molecule has 28 heavy (non-hydrogen) atoms. The monoisotopic (exact) mass is 403 g/mol. The van der Waals surface area contributed by atoms with E-state index in [1.807, 2.05) is 41.6 Å². The Morgan fingerprint density at radius 3 is 2.61 bits per heavy atom. The van der Waals surface area contributed by atoms with Crippen LogP contribution in [0.4, 0.5) is 16.5 Å².